The smallest absolute Gasteiger partial charge is 0.346 e. The quantitative estimate of drug-likeness (QED) is 0.387. The number of carboxylic acid groups (broad SMARTS) is 1. The summed E-state index contributed by atoms with van der Waals surface area (Å²) >= 11 is 3.07. The molecule has 1 N–H and O–H groups in total. The molecule has 1 aliphatic carbocycles. The van der Waals surface area contributed by atoms with Crippen molar-refractivity contribution in [1.29, 1.82) is 0 Å². The average molecular weight is 532 g/mol. The lowest BCUT2D eigenvalue weighted by atomic mass is 9.79. The first-order valence-electron chi connectivity index (χ1n) is 13.3. The number of carboxylic acids is 1. The molecule has 1 amide bonds. The van der Waals surface area contributed by atoms with Crippen LogP contribution >= 0.6 is 23.1 Å². The molecule has 1 atom stereocenters. The monoisotopic (exact) mass is 531 g/mol. The van der Waals surface area contributed by atoms with E-state index in [0.29, 0.717) is 42.3 Å². The van der Waals surface area contributed by atoms with E-state index < -0.39 is 5.97 Å². The van der Waals surface area contributed by atoms with Crippen LogP contribution in [0, 0.1) is 35.0 Å². The van der Waals surface area contributed by atoms with Gasteiger partial charge < -0.3 is 10.0 Å². The Morgan fingerprint density at radius 2 is 1.81 bits per heavy atom. The molecule has 1 aromatic heterocycles. The van der Waals surface area contributed by atoms with Gasteiger partial charge in [0, 0.05) is 48.8 Å². The molecule has 1 saturated carbocycles. The Hall–Kier alpha value is -1.78. The normalized spacial score (nSPS) is 21.4. The van der Waals surface area contributed by atoms with Crippen LogP contribution in [-0.4, -0.2) is 52.3 Å². The second kappa shape index (κ2) is 13.1. The Kier molecular flexibility index (Phi) is 10.5. The lowest BCUT2D eigenvalue weighted by Gasteiger charge is -2.29. The van der Waals surface area contributed by atoms with Gasteiger partial charge in [0.15, 0.2) is 0 Å². The maximum absolute atomic E-state index is 13.1. The minimum absolute atomic E-state index is 0.0605. The molecule has 36 heavy (non-hydrogen) atoms. The molecule has 0 radical (unpaired) electrons. The van der Waals surface area contributed by atoms with Gasteiger partial charge in [-0.1, -0.05) is 31.6 Å². The van der Waals surface area contributed by atoms with E-state index in [-0.39, 0.29) is 23.2 Å². The van der Waals surface area contributed by atoms with Crippen LogP contribution in [0.2, 0.25) is 0 Å². The first-order chi connectivity index (χ1) is 17.0. The van der Waals surface area contributed by atoms with Crippen molar-refractivity contribution in [3.05, 3.63) is 21.4 Å². The van der Waals surface area contributed by atoms with Gasteiger partial charge in [0.05, 0.1) is 4.88 Å². The second-order valence-electron chi connectivity index (χ2n) is 11.5. The van der Waals surface area contributed by atoms with Crippen molar-refractivity contribution in [2.75, 3.05) is 24.6 Å². The molecule has 5 nitrogen and oxygen atoms in total. The number of carbonyl (C=O) groups is 3. The molecule has 2 aliphatic rings. The van der Waals surface area contributed by atoms with Gasteiger partial charge in [0.1, 0.15) is 10.7 Å². The first kappa shape index (κ1) is 28.8. The molecular weight excluding hydrogens is 490 g/mol. The summed E-state index contributed by atoms with van der Waals surface area (Å²) in [6.45, 7) is 9.86. The highest BCUT2D eigenvalue weighted by Gasteiger charge is 2.28. The zero-order chi connectivity index (χ0) is 26.3. The summed E-state index contributed by atoms with van der Waals surface area (Å²) in [5.74, 6) is 8.50. The minimum Gasteiger partial charge on any atom is -0.477 e. The molecule has 1 saturated heterocycles. The molecule has 7 heteroatoms. The van der Waals surface area contributed by atoms with Gasteiger partial charge in [0.2, 0.25) is 5.91 Å². The van der Waals surface area contributed by atoms with Crippen molar-refractivity contribution < 1.29 is 19.5 Å². The summed E-state index contributed by atoms with van der Waals surface area (Å²) in [6.07, 6.45) is 6.10. The van der Waals surface area contributed by atoms with Gasteiger partial charge in [-0.3, -0.25) is 9.59 Å². The molecule has 3 rings (SSSR count). The minimum atomic E-state index is -0.954. The predicted molar refractivity (Wildman–Crippen MR) is 149 cm³/mol. The summed E-state index contributed by atoms with van der Waals surface area (Å²) < 4.78 is 0. The van der Waals surface area contributed by atoms with E-state index in [1.54, 1.807) is 0 Å². The van der Waals surface area contributed by atoms with E-state index in [4.69, 9.17) is 0 Å². The van der Waals surface area contributed by atoms with Crippen LogP contribution in [0.1, 0.15) is 92.8 Å². The number of ketones is 1. The average Bonchev–Trinajstić information content (AvgIpc) is 3.24. The van der Waals surface area contributed by atoms with Crippen molar-refractivity contribution in [2.45, 2.75) is 79.1 Å². The van der Waals surface area contributed by atoms with Gasteiger partial charge in [0.25, 0.3) is 0 Å². The van der Waals surface area contributed by atoms with Crippen LogP contribution in [0.3, 0.4) is 0 Å². The number of amides is 1. The highest BCUT2D eigenvalue weighted by atomic mass is 32.2. The number of nitrogens with zero attached hydrogens (tertiary/aromatic N) is 1. The van der Waals surface area contributed by atoms with Crippen LogP contribution in [0.4, 0.5) is 0 Å². The van der Waals surface area contributed by atoms with Crippen molar-refractivity contribution in [3.63, 3.8) is 0 Å². The van der Waals surface area contributed by atoms with E-state index in [2.05, 4.69) is 18.8 Å². The molecule has 0 aromatic carbocycles. The molecule has 0 spiro atoms. The van der Waals surface area contributed by atoms with Gasteiger partial charge in [-0.05, 0) is 69.9 Å². The fraction of sp³-hybridized carbons (Fsp3) is 0.690. The lowest BCUT2D eigenvalue weighted by Crippen LogP contribution is -2.39. The second-order valence-corrected chi connectivity index (χ2v) is 13.8. The molecule has 1 unspecified atom stereocenters. The number of hydrogen-bond donors (Lipinski definition) is 1. The number of Topliss-reactive ketones (excluding diaryl/α,β-unsaturated/α-hetero) is 1. The third-order valence-corrected chi connectivity index (χ3v) is 9.19. The van der Waals surface area contributed by atoms with Gasteiger partial charge in [-0.25, -0.2) is 4.79 Å². The molecular formula is C29H41NO4S2. The number of rotatable bonds is 9. The van der Waals surface area contributed by atoms with Crippen molar-refractivity contribution in [1.82, 2.24) is 4.90 Å². The predicted octanol–water partition coefficient (Wildman–Crippen LogP) is 6.14. The topological polar surface area (TPSA) is 74.7 Å². The van der Waals surface area contributed by atoms with Gasteiger partial charge >= 0.3 is 5.97 Å². The molecule has 1 aliphatic heterocycles. The van der Waals surface area contributed by atoms with Crippen molar-refractivity contribution >= 4 is 40.8 Å². The fourth-order valence-corrected chi connectivity index (χ4v) is 6.77. The van der Waals surface area contributed by atoms with E-state index in [0.717, 1.165) is 60.7 Å². The Balaban J connectivity index is 1.75. The summed E-state index contributed by atoms with van der Waals surface area (Å²) in [6, 6.07) is 1.88. The van der Waals surface area contributed by atoms with Gasteiger partial charge in [-0.15, -0.1) is 11.3 Å². The Bertz CT molecular complexity index is 983. The van der Waals surface area contributed by atoms with Crippen molar-refractivity contribution in [3.8, 4) is 11.8 Å². The maximum Gasteiger partial charge on any atom is 0.346 e. The lowest BCUT2D eigenvalue weighted by molar-refractivity contribution is -0.132. The fourth-order valence-electron chi connectivity index (χ4n) is 4.98. The highest BCUT2D eigenvalue weighted by Crippen LogP contribution is 2.32. The number of carbonyl (C=O) groups excluding carboxylic acids is 2. The third-order valence-electron chi connectivity index (χ3n) is 7.17. The summed E-state index contributed by atoms with van der Waals surface area (Å²) in [7, 11) is 0. The van der Waals surface area contributed by atoms with Crippen LogP contribution in [-0.2, 0) is 16.0 Å². The number of aromatic carboxylic acids is 1. The SMILES string of the molecule is CC1CCC(C(=O)CCC(CC(=O)N2CCSCC2)Cc2cc(C#CC(C)(C)C)sc2C(=O)O)CC1. The molecule has 1 aromatic rings. The zero-order valence-electron chi connectivity index (χ0n) is 22.2. The first-order valence-corrected chi connectivity index (χ1v) is 15.3. The van der Waals surface area contributed by atoms with E-state index >= 15 is 0 Å². The largest absolute Gasteiger partial charge is 0.477 e. The number of thioether (sulfide) groups is 1. The molecule has 2 heterocycles. The number of thiophene rings is 1. The van der Waals surface area contributed by atoms with Crippen LogP contribution in [0.25, 0.3) is 0 Å². The zero-order valence-corrected chi connectivity index (χ0v) is 23.9. The summed E-state index contributed by atoms with van der Waals surface area (Å²) in [4.78, 5) is 41.1. The molecule has 198 valence electrons. The molecule has 0 bridgehead atoms. The Labute approximate surface area is 224 Å². The summed E-state index contributed by atoms with van der Waals surface area (Å²) in [5, 5.41) is 9.85. The maximum atomic E-state index is 13.1. The van der Waals surface area contributed by atoms with E-state index in [1.807, 2.05) is 43.5 Å². The molecule has 2 fully saturated rings. The Morgan fingerprint density at radius 1 is 1.14 bits per heavy atom. The standard InChI is InChI=1S/C29H41NO4S2/c1-20-5-8-22(9-6-20)25(31)10-7-21(18-26(32)30-13-15-35-16-14-30)17-23-19-24(11-12-29(2,3)4)36-27(23)28(33)34/h19-22H,5-10,13-18H2,1-4H3,(H,33,34). The third kappa shape index (κ3) is 8.95. The number of hydrogen-bond acceptors (Lipinski definition) is 5. The van der Waals surface area contributed by atoms with E-state index in [9.17, 15) is 19.5 Å². The highest BCUT2D eigenvalue weighted by molar-refractivity contribution is 7.99. The van der Waals surface area contributed by atoms with Gasteiger partial charge in [-0.2, -0.15) is 11.8 Å². The Morgan fingerprint density at radius 3 is 2.42 bits per heavy atom. The van der Waals surface area contributed by atoms with Crippen LogP contribution in [0.5, 0.6) is 0 Å². The van der Waals surface area contributed by atoms with Crippen LogP contribution < -0.4 is 0 Å². The van der Waals surface area contributed by atoms with Crippen molar-refractivity contribution in [2.24, 2.45) is 23.2 Å². The van der Waals surface area contributed by atoms with E-state index in [1.165, 1.54) is 11.3 Å². The van der Waals surface area contributed by atoms with Crippen LogP contribution in [0.15, 0.2) is 6.07 Å². The summed E-state index contributed by atoms with van der Waals surface area (Å²) in [5.41, 5.74) is 0.559.